The number of allylic oxidation sites excluding steroid dienone is 2. The van der Waals surface area contributed by atoms with Crippen molar-refractivity contribution in [2.24, 2.45) is 0 Å². The van der Waals surface area contributed by atoms with Crippen LogP contribution in [0.1, 0.15) is 187 Å². The molecule has 9 nitrogen and oxygen atoms in total. The minimum Gasteiger partial charge on any atom is -0.394 e. The highest BCUT2D eigenvalue weighted by Crippen LogP contribution is 2.23. The summed E-state index contributed by atoms with van der Waals surface area (Å²) in [6.07, 6.45) is 27.9. The first-order valence-electron chi connectivity index (χ1n) is 20.9. The molecule has 1 fully saturated rings. The molecule has 0 radical (unpaired) electrons. The molecule has 1 aliphatic rings. The molecule has 1 heterocycles. The monoisotopic (exact) mass is 714 g/mol. The lowest BCUT2D eigenvalue weighted by molar-refractivity contribution is -0.302. The molecular weight excluding hydrogens is 634 g/mol. The Morgan fingerprint density at radius 3 is 1.62 bits per heavy atom. The Balaban J connectivity index is 2.38. The van der Waals surface area contributed by atoms with Crippen molar-refractivity contribution < 1.29 is 39.8 Å². The minimum absolute atomic E-state index is 0.146. The predicted octanol–water partition coefficient (Wildman–Crippen LogP) is 7.78. The second-order valence-corrected chi connectivity index (χ2v) is 14.8. The predicted molar refractivity (Wildman–Crippen MR) is 203 cm³/mol. The zero-order valence-electron chi connectivity index (χ0n) is 32.2. The normalized spacial score (nSPS) is 22.3. The van der Waals surface area contributed by atoms with Crippen molar-refractivity contribution in [3.8, 4) is 0 Å². The fourth-order valence-corrected chi connectivity index (χ4v) is 6.68. The number of ether oxygens (including phenoxy) is 2. The van der Waals surface area contributed by atoms with Crippen LogP contribution in [0.2, 0.25) is 0 Å². The smallest absolute Gasteiger partial charge is 0.220 e. The van der Waals surface area contributed by atoms with Crippen LogP contribution in [0.4, 0.5) is 0 Å². The first kappa shape index (κ1) is 47.0. The molecule has 0 aliphatic carbocycles. The van der Waals surface area contributed by atoms with Crippen molar-refractivity contribution in [1.82, 2.24) is 5.32 Å². The summed E-state index contributed by atoms with van der Waals surface area (Å²) in [5.74, 6) is -0.156. The van der Waals surface area contributed by atoms with Gasteiger partial charge in [0, 0.05) is 6.42 Å². The van der Waals surface area contributed by atoms with Crippen molar-refractivity contribution in [2.75, 3.05) is 13.2 Å². The van der Waals surface area contributed by atoms with E-state index in [9.17, 15) is 30.3 Å². The van der Waals surface area contributed by atoms with E-state index in [-0.39, 0.29) is 12.5 Å². The summed E-state index contributed by atoms with van der Waals surface area (Å²) < 4.78 is 11.2. The van der Waals surface area contributed by atoms with Crippen LogP contribution in [0.25, 0.3) is 0 Å². The molecule has 6 N–H and O–H groups in total. The first-order chi connectivity index (χ1) is 24.3. The van der Waals surface area contributed by atoms with Crippen molar-refractivity contribution in [3.63, 3.8) is 0 Å². The number of hydrogen-bond donors (Lipinski definition) is 6. The van der Waals surface area contributed by atoms with Crippen LogP contribution in [0.15, 0.2) is 12.2 Å². The van der Waals surface area contributed by atoms with E-state index in [4.69, 9.17) is 9.47 Å². The number of amides is 1. The fourth-order valence-electron chi connectivity index (χ4n) is 6.68. The average Bonchev–Trinajstić information content (AvgIpc) is 3.11. The minimum atomic E-state index is -1.55. The standard InChI is InChI=1S/C41H79NO8/c1-3-5-7-9-11-13-15-16-17-18-19-20-21-22-24-26-28-30-35(44)34(33-49-41-40(48)39(47)38(46)36(32-43)50-41)42-37(45)31-29-27-25-23-14-12-10-8-6-4-2/h21-22,34-36,38-41,43-44,46-48H,3-20,23-33H2,1-2H3,(H,42,45)/b22-21+/t34-,35+,36+,38+,39?,40?,41+/m0/s1. The van der Waals surface area contributed by atoms with Gasteiger partial charge in [0.05, 0.1) is 25.4 Å². The molecule has 0 bridgehead atoms. The summed E-state index contributed by atoms with van der Waals surface area (Å²) in [5.41, 5.74) is 0. The quantitative estimate of drug-likeness (QED) is 0.0293. The molecule has 296 valence electrons. The van der Waals surface area contributed by atoms with Gasteiger partial charge < -0.3 is 40.3 Å². The number of hydrogen-bond acceptors (Lipinski definition) is 8. The lowest BCUT2D eigenvalue weighted by Crippen LogP contribution is -2.60. The molecule has 7 atom stereocenters. The number of aliphatic hydroxyl groups excluding tert-OH is 5. The Bertz CT molecular complexity index is 797. The van der Waals surface area contributed by atoms with Crippen LogP contribution in [-0.4, -0.2) is 87.5 Å². The van der Waals surface area contributed by atoms with E-state index in [0.717, 1.165) is 44.9 Å². The van der Waals surface area contributed by atoms with Gasteiger partial charge >= 0.3 is 0 Å². The van der Waals surface area contributed by atoms with Gasteiger partial charge in [-0.1, -0.05) is 154 Å². The van der Waals surface area contributed by atoms with Crippen LogP contribution in [0.5, 0.6) is 0 Å². The van der Waals surface area contributed by atoms with Gasteiger partial charge in [0.15, 0.2) is 6.29 Å². The number of rotatable bonds is 34. The van der Waals surface area contributed by atoms with E-state index in [1.165, 1.54) is 116 Å². The zero-order valence-corrected chi connectivity index (χ0v) is 32.2. The average molecular weight is 714 g/mol. The van der Waals surface area contributed by atoms with Gasteiger partial charge in [-0.3, -0.25) is 4.79 Å². The lowest BCUT2D eigenvalue weighted by Gasteiger charge is -2.40. The van der Waals surface area contributed by atoms with Crippen molar-refractivity contribution in [3.05, 3.63) is 12.2 Å². The third-order valence-corrected chi connectivity index (χ3v) is 10.1. The zero-order chi connectivity index (χ0) is 36.7. The molecule has 1 amide bonds. The fraction of sp³-hybridized carbons (Fsp3) is 0.927. The number of carbonyl (C=O) groups is 1. The van der Waals surface area contributed by atoms with Gasteiger partial charge in [0.25, 0.3) is 0 Å². The van der Waals surface area contributed by atoms with E-state index < -0.39 is 49.5 Å². The molecule has 0 aromatic heterocycles. The summed E-state index contributed by atoms with van der Waals surface area (Å²) in [5, 5.41) is 54.1. The Kier molecular flexibility index (Phi) is 30.6. The summed E-state index contributed by atoms with van der Waals surface area (Å²) in [6.45, 7) is 3.79. The third kappa shape index (κ3) is 23.5. The Morgan fingerprint density at radius 2 is 1.12 bits per heavy atom. The molecule has 1 aliphatic heterocycles. The highest BCUT2D eigenvalue weighted by atomic mass is 16.7. The summed E-state index contributed by atoms with van der Waals surface area (Å²) in [7, 11) is 0. The largest absolute Gasteiger partial charge is 0.394 e. The SMILES string of the molecule is CCCCCCCCCCCCC/C=C/CCCC[C@@H](O)[C@H](CO[C@@H]1O[C@H](CO)[C@@H](O)C(O)C1O)NC(=O)CCCCCCCCCCCC. The molecule has 0 aromatic carbocycles. The summed E-state index contributed by atoms with van der Waals surface area (Å²) in [4.78, 5) is 12.9. The van der Waals surface area contributed by atoms with E-state index in [1.54, 1.807) is 0 Å². The summed E-state index contributed by atoms with van der Waals surface area (Å²) in [6, 6.07) is -0.727. The van der Waals surface area contributed by atoms with Crippen molar-refractivity contribution >= 4 is 5.91 Å². The van der Waals surface area contributed by atoms with Gasteiger partial charge in [-0.15, -0.1) is 0 Å². The molecule has 2 unspecified atom stereocenters. The van der Waals surface area contributed by atoms with Crippen LogP contribution in [0, 0.1) is 0 Å². The number of unbranched alkanes of at least 4 members (excludes halogenated alkanes) is 22. The highest BCUT2D eigenvalue weighted by Gasteiger charge is 2.44. The first-order valence-corrected chi connectivity index (χ1v) is 20.9. The van der Waals surface area contributed by atoms with Gasteiger partial charge in [-0.2, -0.15) is 0 Å². The van der Waals surface area contributed by atoms with E-state index >= 15 is 0 Å². The Morgan fingerprint density at radius 1 is 0.660 bits per heavy atom. The summed E-state index contributed by atoms with van der Waals surface area (Å²) >= 11 is 0. The van der Waals surface area contributed by atoms with E-state index in [2.05, 4.69) is 31.3 Å². The Hall–Kier alpha value is -1.07. The van der Waals surface area contributed by atoms with Gasteiger partial charge in [0.2, 0.25) is 5.91 Å². The second-order valence-electron chi connectivity index (χ2n) is 14.8. The van der Waals surface area contributed by atoms with Gasteiger partial charge in [-0.05, 0) is 38.5 Å². The maximum absolute atomic E-state index is 12.9. The maximum Gasteiger partial charge on any atom is 0.220 e. The topological polar surface area (TPSA) is 149 Å². The molecule has 1 rings (SSSR count). The molecule has 0 saturated carbocycles. The number of carbonyl (C=O) groups excluding carboxylic acids is 1. The maximum atomic E-state index is 12.9. The van der Waals surface area contributed by atoms with Crippen molar-refractivity contribution in [1.29, 1.82) is 0 Å². The van der Waals surface area contributed by atoms with Crippen molar-refractivity contribution in [2.45, 2.75) is 230 Å². The Labute approximate surface area is 306 Å². The molecule has 50 heavy (non-hydrogen) atoms. The molecular formula is C41H79NO8. The lowest BCUT2D eigenvalue weighted by atomic mass is 9.99. The van der Waals surface area contributed by atoms with E-state index in [0.29, 0.717) is 12.8 Å². The number of aliphatic hydroxyl groups is 5. The van der Waals surface area contributed by atoms with Crippen LogP contribution in [0.3, 0.4) is 0 Å². The third-order valence-electron chi connectivity index (χ3n) is 10.1. The molecule has 0 spiro atoms. The van der Waals surface area contributed by atoms with Gasteiger partial charge in [0.1, 0.15) is 24.4 Å². The van der Waals surface area contributed by atoms with Crippen LogP contribution >= 0.6 is 0 Å². The molecule has 9 heteroatoms. The molecule has 0 aromatic rings. The van der Waals surface area contributed by atoms with Crippen LogP contribution in [-0.2, 0) is 14.3 Å². The highest BCUT2D eigenvalue weighted by molar-refractivity contribution is 5.76. The second kappa shape index (κ2) is 32.6. The molecule has 1 saturated heterocycles. The number of nitrogens with one attached hydrogen (secondary N) is 1. The van der Waals surface area contributed by atoms with E-state index in [1.807, 2.05) is 0 Å². The van der Waals surface area contributed by atoms with Crippen LogP contribution < -0.4 is 5.32 Å². The van der Waals surface area contributed by atoms with Gasteiger partial charge in [-0.25, -0.2) is 0 Å².